The molecule has 0 saturated carbocycles. The lowest BCUT2D eigenvalue weighted by molar-refractivity contribution is -0.121. The van der Waals surface area contributed by atoms with Crippen LogP contribution in [0.4, 0.5) is 0 Å². The summed E-state index contributed by atoms with van der Waals surface area (Å²) in [5.74, 6) is 0.166. The molecule has 1 aromatic carbocycles. The van der Waals surface area contributed by atoms with E-state index in [0.29, 0.717) is 12.8 Å². The second kappa shape index (κ2) is 6.57. The molecule has 0 aliphatic heterocycles. The van der Waals surface area contributed by atoms with Crippen molar-refractivity contribution in [1.82, 2.24) is 5.32 Å². The number of amides is 1. The first-order valence-corrected chi connectivity index (χ1v) is 6.55. The lowest BCUT2D eigenvalue weighted by Gasteiger charge is -2.21. The number of phenolic OH excluding ortho intramolecular Hbond substituents is 1. The molecule has 0 radical (unpaired) electrons. The fourth-order valence-electron chi connectivity index (χ4n) is 1.93. The van der Waals surface area contributed by atoms with E-state index in [4.69, 9.17) is 5.11 Å². The number of carbonyl (C=O) groups is 1. The van der Waals surface area contributed by atoms with Gasteiger partial charge in [-0.2, -0.15) is 0 Å². The van der Waals surface area contributed by atoms with Crippen molar-refractivity contribution in [3.8, 4) is 5.75 Å². The van der Waals surface area contributed by atoms with E-state index in [1.54, 1.807) is 0 Å². The quantitative estimate of drug-likeness (QED) is 0.759. The summed E-state index contributed by atoms with van der Waals surface area (Å²) in [7, 11) is 0. The zero-order valence-electron chi connectivity index (χ0n) is 11.9. The topological polar surface area (TPSA) is 69.6 Å². The Morgan fingerprint density at radius 2 is 2.00 bits per heavy atom. The molecule has 0 bridgehead atoms. The molecule has 0 aliphatic rings. The van der Waals surface area contributed by atoms with Gasteiger partial charge in [0.25, 0.3) is 0 Å². The van der Waals surface area contributed by atoms with Gasteiger partial charge in [0.05, 0.1) is 6.61 Å². The number of aryl methyl sites for hydroxylation is 1. The van der Waals surface area contributed by atoms with Crippen LogP contribution in [0, 0.1) is 0 Å². The maximum atomic E-state index is 11.5. The summed E-state index contributed by atoms with van der Waals surface area (Å²) >= 11 is 0. The first kappa shape index (κ1) is 15.5. The Morgan fingerprint density at radius 1 is 1.32 bits per heavy atom. The van der Waals surface area contributed by atoms with Crippen LogP contribution in [0.3, 0.4) is 0 Å². The number of carbonyl (C=O) groups excluding carboxylic acids is 1. The fraction of sp³-hybridized carbons (Fsp3) is 0.533. The summed E-state index contributed by atoms with van der Waals surface area (Å²) in [5, 5.41) is 21.5. The lowest BCUT2D eigenvalue weighted by atomic mass is 9.85. The summed E-state index contributed by atoms with van der Waals surface area (Å²) in [6, 6.07) is 5.65. The van der Waals surface area contributed by atoms with Crippen molar-refractivity contribution in [3.63, 3.8) is 0 Å². The molecule has 1 amide bonds. The number of aromatic hydroxyl groups is 1. The van der Waals surface area contributed by atoms with Crippen LogP contribution in [0.5, 0.6) is 5.75 Å². The van der Waals surface area contributed by atoms with Crippen molar-refractivity contribution in [1.29, 1.82) is 0 Å². The Kier molecular flexibility index (Phi) is 5.36. The van der Waals surface area contributed by atoms with E-state index in [1.165, 1.54) is 0 Å². The van der Waals surface area contributed by atoms with Gasteiger partial charge in [-0.05, 0) is 23.0 Å². The maximum absolute atomic E-state index is 11.5. The van der Waals surface area contributed by atoms with E-state index in [0.717, 1.165) is 11.1 Å². The average molecular weight is 265 g/mol. The fourth-order valence-corrected chi connectivity index (χ4v) is 1.93. The molecule has 4 nitrogen and oxygen atoms in total. The van der Waals surface area contributed by atoms with Gasteiger partial charge in [-0.25, -0.2) is 0 Å². The standard InChI is InChI=1S/C15H23NO3/c1-15(2,3)12-6-4-5-11(14(12)19)7-8-13(18)16-9-10-17/h4-6,17,19H,7-10H2,1-3H3,(H,16,18). The third-order valence-electron chi connectivity index (χ3n) is 2.98. The Bertz CT molecular complexity index is 436. The highest BCUT2D eigenvalue weighted by atomic mass is 16.3. The largest absolute Gasteiger partial charge is 0.507 e. The van der Waals surface area contributed by atoms with Crippen molar-refractivity contribution in [2.75, 3.05) is 13.2 Å². The Balaban J connectivity index is 2.72. The summed E-state index contributed by atoms with van der Waals surface area (Å²) in [4.78, 5) is 11.5. The molecule has 0 fully saturated rings. The third kappa shape index (κ3) is 4.56. The van der Waals surface area contributed by atoms with Gasteiger partial charge in [-0.15, -0.1) is 0 Å². The zero-order chi connectivity index (χ0) is 14.5. The van der Waals surface area contributed by atoms with Crippen LogP contribution in [0.1, 0.15) is 38.3 Å². The first-order chi connectivity index (χ1) is 8.86. The number of phenols is 1. The number of hydrogen-bond acceptors (Lipinski definition) is 3. The minimum atomic E-state index is -0.126. The molecule has 3 N–H and O–H groups in total. The number of rotatable bonds is 5. The lowest BCUT2D eigenvalue weighted by Crippen LogP contribution is -2.26. The number of para-hydroxylation sites is 1. The highest BCUT2D eigenvalue weighted by Gasteiger charge is 2.19. The summed E-state index contributed by atoms with van der Waals surface area (Å²) in [6.45, 7) is 6.34. The van der Waals surface area contributed by atoms with Crippen molar-refractivity contribution in [3.05, 3.63) is 29.3 Å². The van der Waals surface area contributed by atoms with E-state index in [2.05, 4.69) is 5.32 Å². The van der Waals surface area contributed by atoms with Crippen LogP contribution in [-0.2, 0) is 16.6 Å². The van der Waals surface area contributed by atoms with Crippen LogP contribution < -0.4 is 5.32 Å². The van der Waals surface area contributed by atoms with Gasteiger partial charge in [-0.1, -0.05) is 39.0 Å². The molecular formula is C15H23NO3. The van der Waals surface area contributed by atoms with Crippen molar-refractivity contribution >= 4 is 5.91 Å². The Labute approximate surface area is 114 Å². The summed E-state index contributed by atoms with van der Waals surface area (Å²) in [5.41, 5.74) is 1.55. The normalized spacial score (nSPS) is 11.4. The van der Waals surface area contributed by atoms with Crippen LogP contribution in [0.2, 0.25) is 0 Å². The molecule has 106 valence electrons. The highest BCUT2D eigenvalue weighted by molar-refractivity contribution is 5.76. The van der Waals surface area contributed by atoms with E-state index in [-0.39, 0.29) is 30.2 Å². The summed E-state index contributed by atoms with van der Waals surface area (Å²) in [6.07, 6.45) is 0.800. The molecule has 0 saturated heterocycles. The molecule has 1 aromatic rings. The van der Waals surface area contributed by atoms with Gasteiger partial charge < -0.3 is 15.5 Å². The first-order valence-electron chi connectivity index (χ1n) is 6.55. The minimum absolute atomic E-state index is 0.0590. The molecular weight excluding hydrogens is 242 g/mol. The summed E-state index contributed by atoms with van der Waals surface area (Å²) < 4.78 is 0. The smallest absolute Gasteiger partial charge is 0.220 e. The molecule has 0 spiro atoms. The number of aliphatic hydroxyl groups excluding tert-OH is 1. The predicted octanol–water partition coefficient (Wildman–Crippen LogP) is 1.73. The Morgan fingerprint density at radius 3 is 2.58 bits per heavy atom. The second-order valence-corrected chi connectivity index (χ2v) is 5.64. The van der Waals surface area contributed by atoms with Gasteiger partial charge in [-0.3, -0.25) is 4.79 Å². The Hall–Kier alpha value is -1.55. The van der Waals surface area contributed by atoms with E-state index in [9.17, 15) is 9.90 Å². The van der Waals surface area contributed by atoms with Crippen molar-refractivity contribution in [2.45, 2.75) is 39.0 Å². The molecule has 0 atom stereocenters. The van der Waals surface area contributed by atoms with Gasteiger partial charge in [0, 0.05) is 13.0 Å². The second-order valence-electron chi connectivity index (χ2n) is 5.64. The van der Waals surface area contributed by atoms with Crippen LogP contribution in [0.15, 0.2) is 18.2 Å². The van der Waals surface area contributed by atoms with Crippen molar-refractivity contribution < 1.29 is 15.0 Å². The van der Waals surface area contributed by atoms with E-state index >= 15 is 0 Å². The molecule has 19 heavy (non-hydrogen) atoms. The SMILES string of the molecule is CC(C)(C)c1cccc(CCC(=O)NCCO)c1O. The molecule has 0 aromatic heterocycles. The van der Waals surface area contributed by atoms with Gasteiger partial charge >= 0.3 is 0 Å². The monoisotopic (exact) mass is 265 g/mol. The number of benzene rings is 1. The molecule has 0 heterocycles. The predicted molar refractivity (Wildman–Crippen MR) is 75.2 cm³/mol. The number of nitrogens with one attached hydrogen (secondary N) is 1. The molecule has 4 heteroatoms. The van der Waals surface area contributed by atoms with Crippen LogP contribution in [-0.4, -0.2) is 29.3 Å². The van der Waals surface area contributed by atoms with Crippen molar-refractivity contribution in [2.24, 2.45) is 0 Å². The van der Waals surface area contributed by atoms with E-state index < -0.39 is 0 Å². The van der Waals surface area contributed by atoms with Crippen LogP contribution >= 0.6 is 0 Å². The van der Waals surface area contributed by atoms with Gasteiger partial charge in [0.1, 0.15) is 5.75 Å². The highest BCUT2D eigenvalue weighted by Crippen LogP contribution is 2.33. The maximum Gasteiger partial charge on any atom is 0.220 e. The average Bonchev–Trinajstić information content (AvgIpc) is 2.33. The third-order valence-corrected chi connectivity index (χ3v) is 2.98. The van der Waals surface area contributed by atoms with Gasteiger partial charge in [0.2, 0.25) is 5.91 Å². The molecule has 0 unspecified atom stereocenters. The van der Waals surface area contributed by atoms with Gasteiger partial charge in [0.15, 0.2) is 0 Å². The molecule has 0 aliphatic carbocycles. The number of hydrogen-bond donors (Lipinski definition) is 3. The van der Waals surface area contributed by atoms with E-state index in [1.807, 2.05) is 39.0 Å². The minimum Gasteiger partial charge on any atom is -0.507 e. The number of aliphatic hydroxyl groups is 1. The molecule has 1 rings (SSSR count). The van der Waals surface area contributed by atoms with Crippen LogP contribution in [0.25, 0.3) is 0 Å². The zero-order valence-corrected chi connectivity index (χ0v) is 11.9.